The van der Waals surface area contributed by atoms with E-state index in [0.717, 1.165) is 56.5 Å². The van der Waals surface area contributed by atoms with Gasteiger partial charge in [0.25, 0.3) is 0 Å². The molecule has 8 nitrogen and oxygen atoms in total. The monoisotopic (exact) mass is 440 g/mol. The Labute approximate surface area is 188 Å². The van der Waals surface area contributed by atoms with Crippen LogP contribution >= 0.6 is 0 Å². The van der Waals surface area contributed by atoms with Crippen molar-refractivity contribution in [3.05, 3.63) is 24.3 Å². The standard InChI is InChI=1S/C24H32N4O4/c1-30-20-7-5-17(6-8-20)21-26-23(32-27-21)28-13-9-18(10-14-28)22(29)25-19-15-24(31-16-19)11-3-2-4-12-24/h5-8,18-19H,2-4,9-16H2,1H3,(H,25,29). The predicted octanol–water partition coefficient (Wildman–Crippen LogP) is 3.57. The molecule has 1 saturated carbocycles. The molecule has 1 unspecified atom stereocenters. The Bertz CT molecular complexity index is 914. The van der Waals surface area contributed by atoms with Gasteiger partial charge in [-0.25, -0.2) is 0 Å². The van der Waals surface area contributed by atoms with Crippen LogP contribution in [0.4, 0.5) is 6.01 Å². The van der Waals surface area contributed by atoms with Crippen molar-refractivity contribution in [2.24, 2.45) is 5.92 Å². The summed E-state index contributed by atoms with van der Waals surface area (Å²) in [5.41, 5.74) is 0.906. The first-order valence-electron chi connectivity index (χ1n) is 11.8. The summed E-state index contributed by atoms with van der Waals surface area (Å²) < 4.78 is 16.8. The second-order valence-corrected chi connectivity index (χ2v) is 9.35. The average Bonchev–Trinajstić information content (AvgIpc) is 3.48. The number of carbonyl (C=O) groups is 1. The maximum absolute atomic E-state index is 12.9. The van der Waals surface area contributed by atoms with Crippen molar-refractivity contribution in [2.45, 2.75) is 63.0 Å². The summed E-state index contributed by atoms with van der Waals surface area (Å²) >= 11 is 0. The predicted molar refractivity (Wildman–Crippen MR) is 120 cm³/mol. The van der Waals surface area contributed by atoms with E-state index in [0.29, 0.717) is 18.4 Å². The second-order valence-electron chi connectivity index (χ2n) is 9.35. The molecule has 0 bridgehead atoms. The van der Waals surface area contributed by atoms with Crippen molar-refractivity contribution in [3.63, 3.8) is 0 Å². The van der Waals surface area contributed by atoms with E-state index in [9.17, 15) is 4.79 Å². The Morgan fingerprint density at radius 2 is 1.91 bits per heavy atom. The van der Waals surface area contributed by atoms with Gasteiger partial charge in [-0.15, -0.1) is 0 Å². The number of carbonyl (C=O) groups excluding carboxylic acids is 1. The Kier molecular flexibility index (Phi) is 6.04. The molecule has 2 saturated heterocycles. The highest BCUT2D eigenvalue weighted by atomic mass is 16.5. The smallest absolute Gasteiger partial charge is 0.324 e. The molecule has 32 heavy (non-hydrogen) atoms. The van der Waals surface area contributed by atoms with Gasteiger partial charge in [-0.1, -0.05) is 24.4 Å². The van der Waals surface area contributed by atoms with Crippen LogP contribution in [0.25, 0.3) is 11.4 Å². The Morgan fingerprint density at radius 1 is 1.16 bits per heavy atom. The van der Waals surface area contributed by atoms with Crippen LogP contribution < -0.4 is 15.0 Å². The molecule has 1 amide bonds. The third-order valence-electron chi connectivity index (χ3n) is 7.22. The lowest BCUT2D eigenvalue weighted by Gasteiger charge is -2.32. The lowest BCUT2D eigenvalue weighted by molar-refractivity contribution is -0.126. The van der Waals surface area contributed by atoms with Crippen LogP contribution in [0.2, 0.25) is 0 Å². The average molecular weight is 441 g/mol. The van der Waals surface area contributed by atoms with Crippen LogP contribution in [0.15, 0.2) is 28.8 Å². The first kappa shape index (κ1) is 21.2. The third-order valence-corrected chi connectivity index (χ3v) is 7.22. The van der Waals surface area contributed by atoms with Crippen LogP contribution in [-0.4, -0.2) is 54.5 Å². The molecular formula is C24H32N4O4. The van der Waals surface area contributed by atoms with Crippen LogP contribution in [0.5, 0.6) is 5.75 Å². The highest BCUT2D eigenvalue weighted by Crippen LogP contribution is 2.39. The van der Waals surface area contributed by atoms with Crippen molar-refractivity contribution in [1.82, 2.24) is 15.5 Å². The molecule has 3 aliphatic rings. The number of amides is 1. The van der Waals surface area contributed by atoms with Crippen molar-refractivity contribution < 1.29 is 18.8 Å². The minimum atomic E-state index is 0.0261. The number of piperidine rings is 1. The first-order valence-corrected chi connectivity index (χ1v) is 11.8. The van der Waals surface area contributed by atoms with E-state index < -0.39 is 0 Å². The number of anilines is 1. The summed E-state index contributed by atoms with van der Waals surface area (Å²) in [6.45, 7) is 2.11. The summed E-state index contributed by atoms with van der Waals surface area (Å²) in [5, 5.41) is 7.39. The fraction of sp³-hybridized carbons (Fsp3) is 0.625. The molecule has 0 radical (unpaired) electrons. The van der Waals surface area contributed by atoms with Gasteiger partial charge in [-0.2, -0.15) is 4.98 Å². The molecular weight excluding hydrogens is 408 g/mol. The number of nitrogens with zero attached hydrogens (tertiary/aromatic N) is 3. The van der Waals surface area contributed by atoms with Gasteiger partial charge in [0.2, 0.25) is 11.7 Å². The Morgan fingerprint density at radius 3 is 2.62 bits per heavy atom. The van der Waals surface area contributed by atoms with Crippen molar-refractivity contribution in [1.29, 1.82) is 0 Å². The van der Waals surface area contributed by atoms with Gasteiger partial charge in [-0.05, 0) is 56.4 Å². The number of nitrogens with one attached hydrogen (secondary N) is 1. The second kappa shape index (κ2) is 9.10. The molecule has 1 aromatic carbocycles. The lowest BCUT2D eigenvalue weighted by atomic mass is 9.82. The minimum Gasteiger partial charge on any atom is -0.497 e. The largest absolute Gasteiger partial charge is 0.497 e. The van der Waals surface area contributed by atoms with Gasteiger partial charge in [0, 0.05) is 24.6 Å². The normalized spacial score (nSPS) is 23.4. The third kappa shape index (κ3) is 4.46. The zero-order chi connectivity index (χ0) is 22.0. The molecule has 1 atom stereocenters. The molecule has 5 rings (SSSR count). The van der Waals surface area contributed by atoms with E-state index in [1.807, 2.05) is 24.3 Å². The Hall–Kier alpha value is -2.61. The molecule has 1 aromatic heterocycles. The molecule has 3 fully saturated rings. The molecule has 2 aliphatic heterocycles. The number of hydrogen-bond acceptors (Lipinski definition) is 7. The van der Waals surface area contributed by atoms with E-state index in [1.54, 1.807) is 7.11 Å². The summed E-state index contributed by atoms with van der Waals surface area (Å²) in [6.07, 6.45) is 8.61. The quantitative estimate of drug-likeness (QED) is 0.760. The van der Waals surface area contributed by atoms with Gasteiger partial charge in [-0.3, -0.25) is 4.79 Å². The summed E-state index contributed by atoms with van der Waals surface area (Å²) in [4.78, 5) is 19.5. The molecule has 172 valence electrons. The number of ether oxygens (including phenoxy) is 2. The summed E-state index contributed by atoms with van der Waals surface area (Å²) in [5.74, 6) is 1.53. The highest BCUT2D eigenvalue weighted by molar-refractivity contribution is 5.79. The van der Waals surface area contributed by atoms with Crippen molar-refractivity contribution in [3.8, 4) is 17.1 Å². The number of hydrogen-bond donors (Lipinski definition) is 1. The van der Waals surface area contributed by atoms with Crippen LogP contribution in [-0.2, 0) is 9.53 Å². The lowest BCUT2D eigenvalue weighted by Crippen LogP contribution is -2.44. The summed E-state index contributed by atoms with van der Waals surface area (Å²) in [6, 6.07) is 8.24. The minimum absolute atomic E-state index is 0.0261. The fourth-order valence-electron chi connectivity index (χ4n) is 5.33. The van der Waals surface area contributed by atoms with E-state index in [-0.39, 0.29) is 23.5 Å². The zero-order valence-electron chi connectivity index (χ0n) is 18.7. The van der Waals surface area contributed by atoms with Gasteiger partial charge >= 0.3 is 6.01 Å². The molecule has 3 heterocycles. The number of methoxy groups -OCH3 is 1. The molecule has 2 aromatic rings. The number of rotatable bonds is 5. The SMILES string of the molecule is COc1ccc(-c2noc(N3CCC(C(=O)NC4COC5(CCCCC5)C4)CC3)n2)cc1. The van der Waals surface area contributed by atoms with Gasteiger partial charge < -0.3 is 24.2 Å². The maximum atomic E-state index is 12.9. The topological polar surface area (TPSA) is 89.7 Å². The van der Waals surface area contributed by atoms with Crippen LogP contribution in [0.1, 0.15) is 51.4 Å². The molecule has 1 spiro atoms. The van der Waals surface area contributed by atoms with Crippen LogP contribution in [0.3, 0.4) is 0 Å². The van der Waals surface area contributed by atoms with E-state index in [4.69, 9.17) is 14.0 Å². The maximum Gasteiger partial charge on any atom is 0.324 e. The van der Waals surface area contributed by atoms with Crippen molar-refractivity contribution in [2.75, 3.05) is 31.7 Å². The fourth-order valence-corrected chi connectivity index (χ4v) is 5.33. The molecule has 1 N–H and O–H groups in total. The number of benzene rings is 1. The zero-order valence-corrected chi connectivity index (χ0v) is 18.7. The number of aromatic nitrogens is 2. The van der Waals surface area contributed by atoms with E-state index in [2.05, 4.69) is 20.4 Å². The first-order chi connectivity index (χ1) is 15.6. The summed E-state index contributed by atoms with van der Waals surface area (Å²) in [7, 11) is 1.64. The van der Waals surface area contributed by atoms with Crippen molar-refractivity contribution >= 4 is 11.9 Å². The highest BCUT2D eigenvalue weighted by Gasteiger charge is 2.42. The van der Waals surface area contributed by atoms with Gasteiger partial charge in [0.05, 0.1) is 25.4 Å². The van der Waals surface area contributed by atoms with E-state index >= 15 is 0 Å². The van der Waals surface area contributed by atoms with Gasteiger partial charge in [0.1, 0.15) is 5.75 Å². The van der Waals surface area contributed by atoms with Gasteiger partial charge in [0.15, 0.2) is 0 Å². The Balaban J connectivity index is 1.12. The molecule has 1 aliphatic carbocycles. The van der Waals surface area contributed by atoms with Crippen LogP contribution in [0, 0.1) is 5.92 Å². The molecule has 8 heteroatoms. The van der Waals surface area contributed by atoms with E-state index in [1.165, 1.54) is 19.3 Å².